The molecule has 0 aromatic heterocycles. The van der Waals surface area contributed by atoms with Gasteiger partial charge in [0.15, 0.2) is 5.78 Å². The summed E-state index contributed by atoms with van der Waals surface area (Å²) < 4.78 is 0.0415. The van der Waals surface area contributed by atoms with E-state index in [1.807, 2.05) is 6.92 Å². The summed E-state index contributed by atoms with van der Waals surface area (Å²) in [7, 11) is 0. The van der Waals surface area contributed by atoms with Crippen LogP contribution in [-0.4, -0.2) is 15.4 Å². The highest BCUT2D eigenvalue weighted by molar-refractivity contribution is 9.12. The van der Waals surface area contributed by atoms with E-state index >= 15 is 0 Å². The molecule has 0 heterocycles. The van der Waals surface area contributed by atoms with Gasteiger partial charge in [0.1, 0.15) is 0 Å². The lowest BCUT2D eigenvalue weighted by molar-refractivity contribution is -0.117. The molecular formula is C10H14Br2O. The first-order valence-corrected chi connectivity index (χ1v) is 6.33. The van der Waals surface area contributed by atoms with Gasteiger partial charge in [-0.05, 0) is 31.8 Å². The number of halogens is 2. The fourth-order valence-corrected chi connectivity index (χ4v) is 2.28. The van der Waals surface area contributed by atoms with Crippen molar-refractivity contribution in [1.29, 1.82) is 0 Å². The maximum Gasteiger partial charge on any atom is 0.158 e. The molecule has 3 heteroatoms. The van der Waals surface area contributed by atoms with Gasteiger partial charge in [-0.2, -0.15) is 0 Å². The summed E-state index contributed by atoms with van der Waals surface area (Å²) in [6, 6.07) is 0. The van der Waals surface area contributed by atoms with E-state index in [2.05, 4.69) is 44.9 Å². The third-order valence-corrected chi connectivity index (χ3v) is 5.54. The summed E-state index contributed by atoms with van der Waals surface area (Å²) in [5, 5.41) is 0.880. The SMILES string of the molecule is CC1=CC[C@H]([C@@](C)(Br)CBr)CC1=O. The number of ketones is 1. The monoisotopic (exact) mass is 308 g/mol. The average molecular weight is 310 g/mol. The molecule has 1 nitrogen and oxygen atoms in total. The highest BCUT2D eigenvalue weighted by atomic mass is 79.9. The minimum Gasteiger partial charge on any atom is -0.295 e. The molecule has 0 aliphatic heterocycles. The van der Waals surface area contributed by atoms with Crippen molar-refractivity contribution in [3.8, 4) is 0 Å². The van der Waals surface area contributed by atoms with Crippen molar-refractivity contribution in [2.45, 2.75) is 31.0 Å². The second-order valence-electron chi connectivity index (χ2n) is 3.86. The van der Waals surface area contributed by atoms with E-state index in [1.165, 1.54) is 0 Å². The molecule has 0 N–H and O–H groups in total. The molecule has 0 saturated heterocycles. The van der Waals surface area contributed by atoms with E-state index in [4.69, 9.17) is 0 Å². The standard InChI is InChI=1S/C10H14Br2O/c1-7-3-4-8(5-9(7)13)10(2,12)6-11/h3,8H,4-6H2,1-2H3/t8-,10-/m0/s1. The number of Topliss-reactive ketones (excluding diaryl/α,β-unsaturated/α-hetero) is 1. The molecule has 2 atom stereocenters. The zero-order valence-electron chi connectivity index (χ0n) is 7.94. The lowest BCUT2D eigenvalue weighted by Crippen LogP contribution is -2.33. The lowest BCUT2D eigenvalue weighted by atomic mass is 9.82. The van der Waals surface area contributed by atoms with E-state index in [1.54, 1.807) is 0 Å². The first-order chi connectivity index (χ1) is 5.97. The van der Waals surface area contributed by atoms with E-state index in [-0.39, 0.29) is 4.32 Å². The fraction of sp³-hybridized carbons (Fsp3) is 0.700. The van der Waals surface area contributed by atoms with Crippen LogP contribution in [0.15, 0.2) is 11.6 Å². The minimum atomic E-state index is 0.0415. The lowest BCUT2D eigenvalue weighted by Gasteiger charge is -2.32. The molecule has 1 aliphatic carbocycles. The Kier molecular flexibility index (Phi) is 3.75. The Morgan fingerprint density at radius 3 is 2.77 bits per heavy atom. The predicted molar refractivity (Wildman–Crippen MR) is 62.6 cm³/mol. The summed E-state index contributed by atoms with van der Waals surface area (Å²) in [6.07, 6.45) is 3.74. The molecule has 0 amide bonds. The zero-order chi connectivity index (χ0) is 10.1. The van der Waals surface area contributed by atoms with E-state index in [0.717, 1.165) is 17.3 Å². The smallest absolute Gasteiger partial charge is 0.158 e. The van der Waals surface area contributed by atoms with Gasteiger partial charge in [0.25, 0.3) is 0 Å². The van der Waals surface area contributed by atoms with Gasteiger partial charge in [0.05, 0.1) is 0 Å². The first kappa shape index (κ1) is 11.4. The van der Waals surface area contributed by atoms with Crippen molar-refractivity contribution >= 4 is 37.6 Å². The highest BCUT2D eigenvalue weighted by Crippen LogP contribution is 2.37. The van der Waals surface area contributed by atoms with Crippen molar-refractivity contribution in [3.63, 3.8) is 0 Å². The third kappa shape index (κ3) is 2.66. The van der Waals surface area contributed by atoms with Gasteiger partial charge in [0, 0.05) is 16.1 Å². The van der Waals surface area contributed by atoms with Crippen LogP contribution in [0.25, 0.3) is 0 Å². The van der Waals surface area contributed by atoms with Gasteiger partial charge in [-0.1, -0.05) is 37.9 Å². The van der Waals surface area contributed by atoms with Crippen molar-refractivity contribution < 1.29 is 4.79 Å². The maximum atomic E-state index is 11.5. The molecule has 0 bridgehead atoms. The Bertz CT molecular complexity index is 243. The van der Waals surface area contributed by atoms with Crippen LogP contribution < -0.4 is 0 Å². The number of alkyl halides is 2. The van der Waals surface area contributed by atoms with Crippen LogP contribution in [0.5, 0.6) is 0 Å². The van der Waals surface area contributed by atoms with Crippen LogP contribution >= 0.6 is 31.9 Å². The number of carbonyl (C=O) groups is 1. The van der Waals surface area contributed by atoms with Crippen LogP contribution in [0, 0.1) is 5.92 Å². The van der Waals surface area contributed by atoms with Crippen molar-refractivity contribution in [2.24, 2.45) is 5.92 Å². The number of allylic oxidation sites excluding steroid dienone is 2. The van der Waals surface area contributed by atoms with E-state index in [0.29, 0.717) is 18.1 Å². The van der Waals surface area contributed by atoms with Gasteiger partial charge in [-0.3, -0.25) is 4.79 Å². The topological polar surface area (TPSA) is 17.1 Å². The molecule has 0 fully saturated rings. The number of hydrogen-bond acceptors (Lipinski definition) is 1. The first-order valence-electron chi connectivity index (χ1n) is 4.42. The second-order valence-corrected chi connectivity index (χ2v) is 6.23. The van der Waals surface area contributed by atoms with Crippen LogP contribution in [-0.2, 0) is 4.79 Å². The summed E-state index contributed by atoms with van der Waals surface area (Å²) in [6.45, 7) is 4.03. The van der Waals surface area contributed by atoms with Gasteiger partial charge in [-0.15, -0.1) is 0 Å². The fourth-order valence-electron chi connectivity index (χ4n) is 1.47. The maximum absolute atomic E-state index is 11.5. The quantitative estimate of drug-likeness (QED) is 0.714. The summed E-state index contributed by atoms with van der Waals surface area (Å²) in [5.74, 6) is 0.714. The Balaban J connectivity index is 2.73. The van der Waals surface area contributed by atoms with Gasteiger partial charge < -0.3 is 0 Å². The molecule has 13 heavy (non-hydrogen) atoms. The Morgan fingerprint density at radius 2 is 2.31 bits per heavy atom. The normalized spacial score (nSPS) is 28.2. The van der Waals surface area contributed by atoms with Crippen LogP contribution in [0.2, 0.25) is 0 Å². The molecule has 0 saturated carbocycles. The summed E-state index contributed by atoms with van der Waals surface area (Å²) in [4.78, 5) is 11.5. The van der Waals surface area contributed by atoms with Gasteiger partial charge in [-0.25, -0.2) is 0 Å². The van der Waals surface area contributed by atoms with Crippen LogP contribution in [0.4, 0.5) is 0 Å². The zero-order valence-corrected chi connectivity index (χ0v) is 11.1. The molecule has 0 unspecified atom stereocenters. The van der Waals surface area contributed by atoms with Crippen molar-refractivity contribution in [2.75, 3.05) is 5.33 Å². The van der Waals surface area contributed by atoms with Crippen molar-refractivity contribution in [3.05, 3.63) is 11.6 Å². The van der Waals surface area contributed by atoms with Crippen LogP contribution in [0.3, 0.4) is 0 Å². The van der Waals surface area contributed by atoms with Gasteiger partial charge in [0.2, 0.25) is 0 Å². The largest absolute Gasteiger partial charge is 0.295 e. The van der Waals surface area contributed by atoms with Gasteiger partial charge >= 0.3 is 0 Å². The summed E-state index contributed by atoms with van der Waals surface area (Å²) >= 11 is 7.12. The molecule has 0 aromatic rings. The molecule has 1 rings (SSSR count). The van der Waals surface area contributed by atoms with Crippen molar-refractivity contribution in [1.82, 2.24) is 0 Å². The summed E-state index contributed by atoms with van der Waals surface area (Å²) in [5.41, 5.74) is 0.925. The van der Waals surface area contributed by atoms with E-state index in [9.17, 15) is 4.79 Å². The number of rotatable bonds is 2. The van der Waals surface area contributed by atoms with E-state index < -0.39 is 0 Å². The Hall–Kier alpha value is 0.370. The highest BCUT2D eigenvalue weighted by Gasteiger charge is 2.33. The number of carbonyl (C=O) groups excluding carboxylic acids is 1. The average Bonchev–Trinajstić information content (AvgIpc) is 2.09. The molecule has 0 aromatic carbocycles. The molecular weight excluding hydrogens is 296 g/mol. The molecule has 1 aliphatic rings. The minimum absolute atomic E-state index is 0.0415. The Morgan fingerprint density at radius 1 is 1.69 bits per heavy atom. The predicted octanol–water partition coefficient (Wildman–Crippen LogP) is 3.46. The third-order valence-electron chi connectivity index (χ3n) is 2.69. The second kappa shape index (κ2) is 4.26. The van der Waals surface area contributed by atoms with Crippen LogP contribution in [0.1, 0.15) is 26.7 Å². The molecule has 0 radical (unpaired) electrons. The molecule has 74 valence electrons. The molecule has 0 spiro atoms. The Labute approximate surface area is 96.2 Å². The number of hydrogen-bond donors (Lipinski definition) is 0.